The van der Waals surface area contributed by atoms with Gasteiger partial charge < -0.3 is 14.8 Å². The molecule has 1 unspecified atom stereocenters. The van der Waals surface area contributed by atoms with Gasteiger partial charge in [-0.15, -0.1) is 12.4 Å². The largest absolute Gasteiger partial charge is 0.479 e. The highest BCUT2D eigenvalue weighted by Crippen LogP contribution is 2.35. The van der Waals surface area contributed by atoms with Gasteiger partial charge in [-0.1, -0.05) is 17.7 Å². The number of aliphatic carboxylic acids is 1. The van der Waals surface area contributed by atoms with Gasteiger partial charge >= 0.3 is 11.9 Å². The van der Waals surface area contributed by atoms with Crippen LogP contribution in [0.3, 0.4) is 0 Å². The number of nitrogens with one attached hydrogen (secondary N) is 2. The van der Waals surface area contributed by atoms with E-state index in [1.54, 1.807) is 13.0 Å². The topological polar surface area (TPSA) is 91.4 Å². The lowest BCUT2D eigenvalue weighted by molar-refractivity contribution is -0.163. The van der Waals surface area contributed by atoms with Crippen molar-refractivity contribution in [3.05, 3.63) is 34.5 Å². The van der Waals surface area contributed by atoms with Crippen molar-refractivity contribution in [2.75, 3.05) is 6.61 Å². The number of carboxylic acids is 1. The second-order valence-electron chi connectivity index (χ2n) is 5.21. The van der Waals surface area contributed by atoms with E-state index in [4.69, 9.17) is 16.3 Å². The summed E-state index contributed by atoms with van der Waals surface area (Å²) in [5, 5.41) is 13.7. The number of H-pyrrole nitrogens is 1. The zero-order valence-corrected chi connectivity index (χ0v) is 13.9. The Morgan fingerprint density at radius 2 is 2.17 bits per heavy atom. The van der Waals surface area contributed by atoms with Gasteiger partial charge in [0, 0.05) is 29.6 Å². The number of hydrogen-bond acceptors (Lipinski definition) is 4. The molecule has 1 aromatic carbocycles. The molecule has 2 aromatic rings. The molecule has 6 nitrogen and oxygen atoms in total. The van der Waals surface area contributed by atoms with Crippen LogP contribution in [0.2, 0.25) is 5.02 Å². The van der Waals surface area contributed by atoms with Crippen LogP contribution in [-0.2, 0) is 27.3 Å². The molecule has 3 rings (SSSR count). The number of esters is 1. The summed E-state index contributed by atoms with van der Waals surface area (Å²) in [6, 6.07) is 5.43. The maximum Gasteiger partial charge on any atom is 0.338 e. The van der Waals surface area contributed by atoms with E-state index in [1.807, 2.05) is 12.1 Å². The molecule has 0 aliphatic carbocycles. The molecule has 1 aromatic heterocycles. The van der Waals surface area contributed by atoms with Gasteiger partial charge in [-0.05, 0) is 24.6 Å². The van der Waals surface area contributed by atoms with Crippen molar-refractivity contribution in [2.45, 2.75) is 25.4 Å². The zero-order chi connectivity index (χ0) is 15.9. The summed E-state index contributed by atoms with van der Waals surface area (Å²) < 4.78 is 4.95. The summed E-state index contributed by atoms with van der Waals surface area (Å²) >= 11 is 6.24. The van der Waals surface area contributed by atoms with E-state index in [1.165, 1.54) is 0 Å². The average Bonchev–Trinajstić information content (AvgIpc) is 2.85. The summed E-state index contributed by atoms with van der Waals surface area (Å²) in [7, 11) is 0. The van der Waals surface area contributed by atoms with Crippen molar-refractivity contribution in [2.24, 2.45) is 0 Å². The molecule has 0 spiro atoms. The van der Waals surface area contributed by atoms with Gasteiger partial charge in [0.05, 0.1) is 11.6 Å². The van der Waals surface area contributed by atoms with Gasteiger partial charge in [-0.25, -0.2) is 9.59 Å². The first-order chi connectivity index (χ1) is 10.5. The number of carbonyl (C=O) groups is 2. The number of ether oxygens (including phenoxy) is 1. The maximum absolute atomic E-state index is 12.2. The Morgan fingerprint density at radius 1 is 1.43 bits per heavy atom. The number of aromatic amines is 1. The van der Waals surface area contributed by atoms with Gasteiger partial charge in [0.1, 0.15) is 0 Å². The Labute approximate surface area is 143 Å². The first-order valence-electron chi connectivity index (χ1n) is 6.93. The second kappa shape index (κ2) is 6.39. The fraction of sp³-hybridized carbons (Fsp3) is 0.333. The number of carboxylic acid groups (broad SMARTS) is 1. The molecule has 124 valence electrons. The lowest BCUT2D eigenvalue weighted by Gasteiger charge is -2.32. The Kier molecular flexibility index (Phi) is 4.89. The summed E-state index contributed by atoms with van der Waals surface area (Å²) in [5.74, 6) is -2.03. The number of carbonyl (C=O) groups excluding carboxylic acids is 1. The van der Waals surface area contributed by atoms with Crippen LogP contribution in [0.1, 0.15) is 18.2 Å². The van der Waals surface area contributed by atoms with Crippen molar-refractivity contribution >= 4 is 46.8 Å². The predicted octanol–water partition coefficient (Wildman–Crippen LogP) is 2.28. The van der Waals surface area contributed by atoms with E-state index >= 15 is 0 Å². The molecule has 0 saturated carbocycles. The third kappa shape index (κ3) is 2.67. The van der Waals surface area contributed by atoms with Crippen molar-refractivity contribution < 1.29 is 19.4 Å². The molecular formula is C15H16Cl2N2O4. The Balaban J connectivity index is 0.00000192. The fourth-order valence-corrected chi connectivity index (χ4v) is 3.16. The summed E-state index contributed by atoms with van der Waals surface area (Å²) in [6.45, 7) is 1.99. The van der Waals surface area contributed by atoms with Gasteiger partial charge in [-0.3, -0.25) is 5.32 Å². The number of rotatable bonds is 3. The average molecular weight is 359 g/mol. The maximum atomic E-state index is 12.2. The molecule has 3 N–H and O–H groups in total. The zero-order valence-electron chi connectivity index (χ0n) is 12.3. The summed E-state index contributed by atoms with van der Waals surface area (Å²) in [5.41, 5.74) is 0.625. The molecule has 0 saturated heterocycles. The smallest absolute Gasteiger partial charge is 0.338 e. The Morgan fingerprint density at radius 3 is 2.83 bits per heavy atom. The summed E-state index contributed by atoms with van der Waals surface area (Å²) in [4.78, 5) is 27.2. The van der Waals surface area contributed by atoms with E-state index in [0.29, 0.717) is 5.02 Å². The SMILES string of the molecule is CCOC(=O)C1(C(=O)O)Cc2c([nH]c3cccc(Cl)c23)CN1.Cl. The van der Waals surface area contributed by atoms with Crippen LogP contribution in [0, 0.1) is 0 Å². The molecule has 0 radical (unpaired) electrons. The fourth-order valence-electron chi connectivity index (χ4n) is 2.87. The van der Waals surface area contributed by atoms with Crippen LogP contribution in [-0.4, -0.2) is 34.2 Å². The quantitative estimate of drug-likeness (QED) is 0.578. The van der Waals surface area contributed by atoms with Crippen LogP contribution < -0.4 is 5.32 Å². The minimum absolute atomic E-state index is 0. The van der Waals surface area contributed by atoms with Crippen molar-refractivity contribution in [1.29, 1.82) is 0 Å². The van der Waals surface area contributed by atoms with Crippen LogP contribution in [0.5, 0.6) is 0 Å². The van der Waals surface area contributed by atoms with E-state index < -0.39 is 17.5 Å². The number of hydrogen-bond donors (Lipinski definition) is 3. The van der Waals surface area contributed by atoms with Gasteiger partial charge in [0.15, 0.2) is 0 Å². The number of aromatic nitrogens is 1. The first kappa shape index (κ1) is 17.6. The molecule has 0 amide bonds. The van der Waals surface area contributed by atoms with Gasteiger partial charge in [-0.2, -0.15) is 0 Å². The predicted molar refractivity (Wildman–Crippen MR) is 88.1 cm³/mol. The highest BCUT2D eigenvalue weighted by atomic mass is 35.5. The highest BCUT2D eigenvalue weighted by molar-refractivity contribution is 6.35. The Hall–Kier alpha value is -1.76. The van der Waals surface area contributed by atoms with Gasteiger partial charge in [0.25, 0.3) is 0 Å². The summed E-state index contributed by atoms with van der Waals surface area (Å²) in [6.07, 6.45) is -0.0137. The lowest BCUT2D eigenvalue weighted by Crippen LogP contribution is -2.62. The highest BCUT2D eigenvalue weighted by Gasteiger charge is 2.50. The van der Waals surface area contributed by atoms with E-state index in [2.05, 4.69) is 10.3 Å². The third-order valence-corrected chi connectivity index (χ3v) is 4.28. The molecule has 2 heterocycles. The minimum atomic E-state index is -1.78. The van der Waals surface area contributed by atoms with E-state index in [9.17, 15) is 14.7 Å². The number of benzene rings is 1. The molecule has 1 aliphatic rings. The van der Waals surface area contributed by atoms with Crippen molar-refractivity contribution in [3.63, 3.8) is 0 Å². The first-order valence-corrected chi connectivity index (χ1v) is 7.31. The number of halogens is 2. The van der Waals surface area contributed by atoms with Crippen LogP contribution in [0.25, 0.3) is 10.9 Å². The van der Waals surface area contributed by atoms with Crippen LogP contribution in [0.4, 0.5) is 0 Å². The van der Waals surface area contributed by atoms with Gasteiger partial charge in [0.2, 0.25) is 5.54 Å². The lowest BCUT2D eigenvalue weighted by atomic mass is 9.86. The van der Waals surface area contributed by atoms with E-state index in [-0.39, 0.29) is 32.0 Å². The molecular weight excluding hydrogens is 343 g/mol. The van der Waals surface area contributed by atoms with Crippen LogP contribution >= 0.6 is 24.0 Å². The Bertz CT molecular complexity index is 774. The second-order valence-corrected chi connectivity index (χ2v) is 5.61. The monoisotopic (exact) mass is 358 g/mol. The van der Waals surface area contributed by atoms with E-state index in [0.717, 1.165) is 22.2 Å². The molecule has 1 aliphatic heterocycles. The van der Waals surface area contributed by atoms with Crippen molar-refractivity contribution in [1.82, 2.24) is 10.3 Å². The standard InChI is InChI=1S/C15H15ClN2O4.ClH/c1-2-22-14(21)15(13(19)20)6-8-11(7-17-15)18-10-5-3-4-9(16)12(8)10;/h3-5,17-18H,2,6-7H2,1H3,(H,19,20);1H. The number of fused-ring (bicyclic) bond motifs is 3. The molecule has 0 fully saturated rings. The normalized spacial score (nSPS) is 19.7. The van der Waals surface area contributed by atoms with Crippen molar-refractivity contribution in [3.8, 4) is 0 Å². The van der Waals surface area contributed by atoms with Crippen LogP contribution in [0.15, 0.2) is 18.2 Å². The minimum Gasteiger partial charge on any atom is -0.479 e. The molecule has 8 heteroatoms. The molecule has 0 bridgehead atoms. The molecule has 1 atom stereocenters. The third-order valence-electron chi connectivity index (χ3n) is 3.96. The molecule has 23 heavy (non-hydrogen) atoms.